The highest BCUT2D eigenvalue weighted by Gasteiger charge is 2.20. The third-order valence-electron chi connectivity index (χ3n) is 4.50. The summed E-state index contributed by atoms with van der Waals surface area (Å²) >= 11 is 0. The molecule has 2 heterocycles. The van der Waals surface area contributed by atoms with Gasteiger partial charge in [-0.3, -0.25) is 0 Å². The number of amidine groups is 1. The highest BCUT2D eigenvalue weighted by Crippen LogP contribution is 2.31. The van der Waals surface area contributed by atoms with Crippen LogP contribution in [0.1, 0.15) is 11.1 Å². The molecule has 2 aromatic carbocycles. The van der Waals surface area contributed by atoms with Crippen molar-refractivity contribution in [1.82, 2.24) is 9.97 Å². The van der Waals surface area contributed by atoms with E-state index in [1.165, 1.54) is 0 Å². The number of ether oxygens (including phenoxy) is 1. The molecule has 1 aromatic heterocycles. The fourth-order valence-electron chi connectivity index (χ4n) is 3.11. The highest BCUT2D eigenvalue weighted by molar-refractivity contribution is 6.14. The van der Waals surface area contributed by atoms with Crippen LogP contribution in [-0.4, -0.2) is 29.5 Å². The fourth-order valence-corrected chi connectivity index (χ4v) is 3.11. The summed E-state index contributed by atoms with van der Waals surface area (Å²) in [6.45, 7) is 0.650. The first-order valence-electron chi connectivity index (χ1n) is 9.09. The van der Waals surface area contributed by atoms with Crippen molar-refractivity contribution in [2.75, 3.05) is 29.6 Å². The summed E-state index contributed by atoms with van der Waals surface area (Å²) < 4.78 is 5.39. The molecule has 9 nitrogen and oxygen atoms in total. The van der Waals surface area contributed by atoms with Crippen LogP contribution in [0.15, 0.2) is 65.1 Å². The Hall–Kier alpha value is -4.01. The quantitative estimate of drug-likeness (QED) is 0.374. The molecule has 0 atom stereocenters. The molecule has 0 fully saturated rings. The number of aromatic nitrogens is 2. The van der Waals surface area contributed by atoms with E-state index in [4.69, 9.17) is 10.3 Å². The molecule has 0 amide bonds. The maximum Gasteiger partial charge on any atom is 0.224 e. The van der Waals surface area contributed by atoms with Crippen molar-refractivity contribution < 1.29 is 4.74 Å². The van der Waals surface area contributed by atoms with Crippen molar-refractivity contribution in [2.45, 2.75) is 6.42 Å². The van der Waals surface area contributed by atoms with Crippen molar-refractivity contribution in [3.63, 3.8) is 0 Å². The zero-order valence-electron chi connectivity index (χ0n) is 15.8. The second-order valence-electron chi connectivity index (χ2n) is 6.29. The molecule has 4 rings (SSSR count). The zero-order valence-corrected chi connectivity index (χ0v) is 15.8. The molecule has 0 aliphatic carbocycles. The predicted octanol–water partition coefficient (Wildman–Crippen LogP) is 4.00. The SMILES string of the molecule is COc1ccccc1CCNc1ncc2c(n1)Nc1ccccc1N/C2=N\N=N. The lowest BCUT2D eigenvalue weighted by Crippen LogP contribution is -2.15. The van der Waals surface area contributed by atoms with E-state index in [9.17, 15) is 0 Å². The largest absolute Gasteiger partial charge is 0.496 e. The third-order valence-corrected chi connectivity index (χ3v) is 4.50. The van der Waals surface area contributed by atoms with E-state index in [-0.39, 0.29) is 0 Å². The van der Waals surface area contributed by atoms with Crippen molar-refractivity contribution in [3.8, 4) is 5.75 Å². The van der Waals surface area contributed by atoms with Crippen molar-refractivity contribution in [1.29, 1.82) is 5.53 Å². The first-order chi connectivity index (χ1) is 14.3. The van der Waals surface area contributed by atoms with E-state index >= 15 is 0 Å². The van der Waals surface area contributed by atoms with E-state index in [0.29, 0.717) is 29.7 Å². The number of nitrogens with zero attached hydrogens (tertiary/aromatic N) is 4. The van der Waals surface area contributed by atoms with Crippen LogP contribution in [0.25, 0.3) is 0 Å². The third kappa shape index (κ3) is 3.98. The van der Waals surface area contributed by atoms with Gasteiger partial charge in [-0.2, -0.15) is 10.5 Å². The van der Waals surface area contributed by atoms with Crippen LogP contribution in [0.2, 0.25) is 0 Å². The molecule has 0 saturated heterocycles. The van der Waals surface area contributed by atoms with Crippen LogP contribution in [0.4, 0.5) is 23.1 Å². The van der Waals surface area contributed by atoms with Crippen LogP contribution in [0, 0.1) is 5.53 Å². The summed E-state index contributed by atoms with van der Waals surface area (Å²) in [4.78, 5) is 8.98. The van der Waals surface area contributed by atoms with Gasteiger partial charge in [-0.25, -0.2) is 4.98 Å². The maximum absolute atomic E-state index is 7.10. The van der Waals surface area contributed by atoms with Crippen molar-refractivity contribution in [3.05, 3.63) is 65.9 Å². The Morgan fingerprint density at radius 1 is 1.07 bits per heavy atom. The number of anilines is 4. The van der Waals surface area contributed by atoms with Crippen LogP contribution in [0.5, 0.6) is 5.75 Å². The van der Waals surface area contributed by atoms with E-state index in [0.717, 1.165) is 29.1 Å². The fraction of sp³-hybridized carbons (Fsp3) is 0.150. The molecule has 29 heavy (non-hydrogen) atoms. The van der Waals surface area contributed by atoms with Crippen LogP contribution < -0.4 is 20.7 Å². The Balaban J connectivity index is 1.55. The minimum Gasteiger partial charge on any atom is -0.496 e. The Kier molecular flexibility index (Phi) is 5.28. The Bertz CT molecular complexity index is 1070. The van der Waals surface area contributed by atoms with Gasteiger partial charge in [0, 0.05) is 12.7 Å². The lowest BCUT2D eigenvalue weighted by Gasteiger charge is -2.11. The lowest BCUT2D eigenvalue weighted by molar-refractivity contribution is 0.410. The normalized spacial score (nSPS) is 13.3. The smallest absolute Gasteiger partial charge is 0.224 e. The molecule has 146 valence electrons. The second kappa shape index (κ2) is 8.34. The van der Waals surface area contributed by atoms with Gasteiger partial charge in [0.1, 0.15) is 11.6 Å². The highest BCUT2D eigenvalue weighted by atomic mass is 16.5. The van der Waals surface area contributed by atoms with E-state index < -0.39 is 0 Å². The molecule has 1 aliphatic heterocycles. The van der Waals surface area contributed by atoms with Gasteiger partial charge in [0.2, 0.25) is 5.95 Å². The minimum absolute atomic E-state index is 0.410. The summed E-state index contributed by atoms with van der Waals surface area (Å²) in [5.41, 5.74) is 10.5. The van der Waals surface area contributed by atoms with Crippen molar-refractivity contribution >= 4 is 29.0 Å². The van der Waals surface area contributed by atoms with Crippen LogP contribution in [0.3, 0.4) is 0 Å². The Morgan fingerprint density at radius 3 is 2.62 bits per heavy atom. The average Bonchev–Trinajstić information content (AvgIpc) is 2.90. The van der Waals surface area contributed by atoms with E-state index in [1.807, 2.05) is 48.5 Å². The monoisotopic (exact) mass is 388 g/mol. The molecule has 0 unspecified atom stereocenters. The summed E-state index contributed by atoms with van der Waals surface area (Å²) in [6.07, 6.45) is 2.43. The average molecular weight is 388 g/mol. The zero-order chi connectivity index (χ0) is 20.1. The number of methoxy groups -OCH3 is 1. The molecule has 0 radical (unpaired) electrons. The van der Waals surface area contributed by atoms with Gasteiger partial charge < -0.3 is 20.7 Å². The first kappa shape index (κ1) is 18.4. The topological polar surface area (TPSA) is 120 Å². The molecule has 0 spiro atoms. The lowest BCUT2D eigenvalue weighted by atomic mass is 10.1. The Labute approximate surface area is 167 Å². The summed E-state index contributed by atoms with van der Waals surface area (Å²) in [5.74, 6) is 2.35. The van der Waals surface area contributed by atoms with E-state index in [1.54, 1.807) is 13.3 Å². The van der Waals surface area contributed by atoms with Gasteiger partial charge in [-0.05, 0) is 30.2 Å². The number of benzene rings is 2. The van der Waals surface area contributed by atoms with Crippen molar-refractivity contribution in [2.24, 2.45) is 10.3 Å². The second-order valence-corrected chi connectivity index (χ2v) is 6.29. The summed E-state index contributed by atoms with van der Waals surface area (Å²) in [7, 11) is 1.67. The van der Waals surface area contributed by atoms with Gasteiger partial charge in [0.05, 0.1) is 24.0 Å². The molecule has 0 bridgehead atoms. The first-order valence-corrected chi connectivity index (χ1v) is 9.09. The summed E-state index contributed by atoms with van der Waals surface area (Å²) in [6, 6.07) is 15.6. The van der Waals surface area contributed by atoms with Gasteiger partial charge in [0.25, 0.3) is 0 Å². The molecule has 9 heteroatoms. The molecule has 1 aliphatic rings. The van der Waals surface area contributed by atoms with Gasteiger partial charge in [-0.1, -0.05) is 35.6 Å². The van der Waals surface area contributed by atoms with Crippen LogP contribution in [-0.2, 0) is 6.42 Å². The standard InChI is InChI=1S/C20H20N8O/c1-29-17-9-5-2-6-13(17)10-11-22-20-23-12-14-18(26-20)24-15-7-3-4-8-16(15)25-19(14)27-28-21/h2-9,12H,10-11H2,1H3,(H2,21,25,27)(H2,22,23,24,26). The number of hydrogen-bond acceptors (Lipinski definition) is 7. The Morgan fingerprint density at radius 2 is 1.83 bits per heavy atom. The number of rotatable bonds is 6. The number of fused-ring (bicyclic) bond motifs is 2. The number of hydrogen-bond donors (Lipinski definition) is 4. The minimum atomic E-state index is 0.410. The molecule has 4 N–H and O–H groups in total. The van der Waals surface area contributed by atoms with Gasteiger partial charge in [-0.15, -0.1) is 5.10 Å². The van der Waals surface area contributed by atoms with Gasteiger partial charge in [0.15, 0.2) is 5.84 Å². The molecular weight excluding hydrogens is 368 g/mol. The molecule has 3 aromatic rings. The molecular formula is C20H20N8O. The summed E-state index contributed by atoms with van der Waals surface area (Å²) in [5, 5.41) is 16.8. The molecule has 0 saturated carbocycles. The maximum atomic E-state index is 7.10. The van der Waals surface area contributed by atoms with Gasteiger partial charge >= 0.3 is 0 Å². The number of para-hydroxylation sites is 3. The predicted molar refractivity (Wildman–Crippen MR) is 112 cm³/mol. The number of nitrogens with one attached hydrogen (secondary N) is 4. The van der Waals surface area contributed by atoms with Crippen LogP contribution >= 0.6 is 0 Å². The van der Waals surface area contributed by atoms with E-state index in [2.05, 4.69) is 36.2 Å².